The topological polar surface area (TPSA) is 86.9 Å². The summed E-state index contributed by atoms with van der Waals surface area (Å²) in [4.78, 5) is 15.1. The fraction of sp³-hybridized carbons (Fsp3) is 0.350. The molecule has 53 heavy (non-hydrogen) atoms. The van der Waals surface area contributed by atoms with Crippen molar-refractivity contribution in [2.24, 2.45) is 0 Å². The van der Waals surface area contributed by atoms with Gasteiger partial charge in [0.1, 0.15) is 7.05 Å². The van der Waals surface area contributed by atoms with Crippen LogP contribution in [-0.4, -0.2) is 57.7 Å². The van der Waals surface area contributed by atoms with Crippen molar-refractivity contribution in [1.82, 2.24) is 25.7 Å². The van der Waals surface area contributed by atoms with E-state index < -0.39 is 7.54 Å². The van der Waals surface area contributed by atoms with Crippen LogP contribution in [0.25, 0.3) is 11.4 Å². The van der Waals surface area contributed by atoms with Gasteiger partial charge in [-0.3, -0.25) is 17.7 Å². The van der Waals surface area contributed by atoms with Crippen LogP contribution in [0.1, 0.15) is 75.9 Å². The summed E-state index contributed by atoms with van der Waals surface area (Å²) in [5.41, 5.74) is 9.59. The van der Waals surface area contributed by atoms with Gasteiger partial charge in [0.15, 0.2) is 11.5 Å². The second-order valence-electron chi connectivity index (χ2n) is 14.1. The molecule has 0 radical (unpaired) electrons. The number of aromatic nitrogens is 4. The number of hydrogen-bond acceptors (Lipinski definition) is 6. The molecule has 0 spiro atoms. The zero-order valence-electron chi connectivity index (χ0n) is 31.1. The van der Waals surface area contributed by atoms with Crippen molar-refractivity contribution in [2.75, 3.05) is 18.5 Å². The van der Waals surface area contributed by atoms with Gasteiger partial charge in [-0.15, -0.1) is 20.4 Å². The first-order valence-corrected chi connectivity index (χ1v) is 17.6. The van der Waals surface area contributed by atoms with Gasteiger partial charge in [-0.25, -0.2) is 0 Å². The minimum atomic E-state index is -3.67. The molecule has 13 heteroatoms. The minimum Gasteiger partial charge on any atom is -1.00 e. The highest BCUT2D eigenvalue weighted by Gasteiger charge is 2.43. The Labute approximate surface area is 309 Å². The smallest absolute Gasteiger partial charge is 0.762 e. The third kappa shape index (κ3) is 9.43. The number of aryl methyl sites for hydroxylation is 1. The number of nitrogens with one attached hydrogen (secondary N) is 1. The summed E-state index contributed by atoms with van der Waals surface area (Å²) in [6, 6.07) is 25.3. The van der Waals surface area contributed by atoms with E-state index in [1.807, 2.05) is 24.3 Å². The molecule has 1 amide bonds. The van der Waals surface area contributed by atoms with Gasteiger partial charge in [0.2, 0.25) is 17.4 Å². The number of unbranched alkanes of at least 4 members (excludes halogenated alkanes) is 2. The van der Waals surface area contributed by atoms with Crippen LogP contribution in [0.15, 0.2) is 96.7 Å². The van der Waals surface area contributed by atoms with E-state index >= 15 is 0 Å². The second-order valence-corrected chi connectivity index (χ2v) is 14.1. The molecule has 0 bridgehead atoms. The van der Waals surface area contributed by atoms with Crippen molar-refractivity contribution >= 4 is 30.5 Å². The highest BCUT2D eigenvalue weighted by molar-refractivity contribution is 6.33. The number of para-hydroxylation sites is 2. The Morgan fingerprint density at radius 1 is 0.849 bits per heavy atom. The Morgan fingerprint density at radius 2 is 1.47 bits per heavy atom. The van der Waals surface area contributed by atoms with Gasteiger partial charge < -0.3 is 14.9 Å². The maximum absolute atomic E-state index is 12.6. The van der Waals surface area contributed by atoms with Crippen LogP contribution in [0.2, 0.25) is 0 Å². The van der Waals surface area contributed by atoms with Gasteiger partial charge in [-0.05, 0) is 56.9 Å². The van der Waals surface area contributed by atoms with E-state index in [9.17, 15) is 17.7 Å². The Morgan fingerprint density at radius 3 is 2.13 bits per heavy atom. The van der Waals surface area contributed by atoms with Gasteiger partial charge in [-0.1, -0.05) is 87.0 Å². The standard InChI is InChI=1S/C40H45N7O.BF3.FH/c1-28-42-44-38(45-43-28)30-24-22-29(23-25-30)27-41-37(48)21-8-7-13-26-47-34-18-12-10-16-32(34)40(4,5)36(47)20-14-19-35-39(2,3)31-15-9-11-17-33(31)46(35)6;2-1(3)4;/h9-12,14-20,22-25H,7-8,13,21,26-27H2,1-6H3;;1H. The molecule has 2 aliphatic heterocycles. The number of carbonyl (C=O) groups excluding carboxylic acids is 1. The largest absolute Gasteiger partial charge is 1.00 e. The number of hydrogen-bond donors (Lipinski definition) is 1. The van der Waals surface area contributed by atoms with Gasteiger partial charge in [-0.2, -0.15) is 4.58 Å². The first kappa shape index (κ1) is 40.6. The summed E-state index contributed by atoms with van der Waals surface area (Å²) in [5, 5.41) is 19.2. The zero-order valence-corrected chi connectivity index (χ0v) is 31.1. The number of benzene rings is 3. The average Bonchev–Trinajstić information content (AvgIpc) is 3.45. The van der Waals surface area contributed by atoms with Crippen molar-refractivity contribution in [3.63, 3.8) is 0 Å². The molecule has 0 unspecified atom stereocenters. The quantitative estimate of drug-likeness (QED) is 0.0985. The van der Waals surface area contributed by atoms with Crippen LogP contribution >= 0.6 is 0 Å². The molecule has 0 atom stereocenters. The lowest BCUT2D eigenvalue weighted by atomic mass is 9.81. The molecular formula is C40H46BF4N7O. The average molecular weight is 728 g/mol. The van der Waals surface area contributed by atoms with Crippen LogP contribution in [0.4, 0.5) is 24.3 Å². The van der Waals surface area contributed by atoms with Crippen molar-refractivity contribution in [3.8, 4) is 11.4 Å². The third-order valence-electron chi connectivity index (χ3n) is 9.81. The predicted molar refractivity (Wildman–Crippen MR) is 202 cm³/mol. The van der Waals surface area contributed by atoms with E-state index in [1.54, 1.807) is 6.92 Å². The number of allylic oxidation sites excluding steroid dienone is 4. The van der Waals surface area contributed by atoms with E-state index in [1.165, 1.54) is 33.9 Å². The molecule has 0 aliphatic carbocycles. The van der Waals surface area contributed by atoms with E-state index in [0.717, 1.165) is 36.9 Å². The SMILES string of the molecule is Cc1nnc(-c2ccc(CNC(=O)CCCCCN3C(=CC=CC4=[N+](C)c5ccccc5C4(C)C)C(C)(C)c4ccccc43)cc2)nn1.FB(F)F.[F-]. The van der Waals surface area contributed by atoms with E-state index in [0.29, 0.717) is 24.6 Å². The molecule has 1 N–H and O–H groups in total. The molecular weight excluding hydrogens is 681 g/mol. The van der Waals surface area contributed by atoms with E-state index in [4.69, 9.17) is 0 Å². The van der Waals surface area contributed by atoms with Crippen LogP contribution < -0.4 is 14.9 Å². The molecule has 0 saturated carbocycles. The summed E-state index contributed by atoms with van der Waals surface area (Å²) in [5.74, 6) is 1.10. The minimum absolute atomic E-state index is 0. The molecule has 4 aromatic rings. The monoisotopic (exact) mass is 727 g/mol. The number of anilines is 1. The summed E-state index contributed by atoms with van der Waals surface area (Å²) in [7, 11) is -1.50. The molecule has 3 heterocycles. The molecule has 0 fully saturated rings. The van der Waals surface area contributed by atoms with Crippen molar-refractivity contribution in [1.29, 1.82) is 0 Å². The number of fused-ring (bicyclic) bond motifs is 2. The third-order valence-corrected chi connectivity index (χ3v) is 9.81. The van der Waals surface area contributed by atoms with Gasteiger partial charge in [0, 0.05) is 59.6 Å². The summed E-state index contributed by atoms with van der Waals surface area (Å²) in [6.45, 7) is 12.4. The van der Waals surface area contributed by atoms with E-state index in [2.05, 4.69) is 137 Å². The van der Waals surface area contributed by atoms with E-state index in [-0.39, 0.29) is 21.4 Å². The first-order valence-electron chi connectivity index (χ1n) is 17.6. The molecule has 0 saturated heterocycles. The normalized spacial score (nSPS) is 15.8. The van der Waals surface area contributed by atoms with Crippen molar-refractivity contribution in [3.05, 3.63) is 119 Å². The van der Waals surface area contributed by atoms with Gasteiger partial charge in [0.05, 0.1) is 5.41 Å². The zero-order chi connectivity index (χ0) is 37.5. The number of rotatable bonds is 11. The molecule has 6 rings (SSSR count). The number of amides is 1. The lowest BCUT2D eigenvalue weighted by Crippen LogP contribution is -3.00. The van der Waals surface area contributed by atoms with Gasteiger partial charge >= 0.3 is 7.54 Å². The summed E-state index contributed by atoms with van der Waals surface area (Å²) in [6.07, 6.45) is 10.2. The molecule has 2 aliphatic rings. The Hall–Kier alpha value is -5.20. The Kier molecular flexibility index (Phi) is 13.4. The van der Waals surface area contributed by atoms with Crippen LogP contribution in [0.3, 0.4) is 0 Å². The molecule has 3 aromatic carbocycles. The molecule has 278 valence electrons. The molecule has 1 aromatic heterocycles. The maximum Gasteiger partial charge on any atom is 0.762 e. The number of carbonyl (C=O) groups is 1. The fourth-order valence-electron chi connectivity index (χ4n) is 7.10. The lowest BCUT2D eigenvalue weighted by Gasteiger charge is -2.27. The Balaban J connectivity index is 0.00000119. The molecule has 8 nitrogen and oxygen atoms in total. The predicted octanol–water partition coefficient (Wildman–Crippen LogP) is 5.25. The van der Waals surface area contributed by atoms with Crippen LogP contribution in [0.5, 0.6) is 0 Å². The number of nitrogens with zero attached hydrogens (tertiary/aromatic N) is 6. The van der Waals surface area contributed by atoms with Crippen LogP contribution in [-0.2, 0) is 22.2 Å². The summed E-state index contributed by atoms with van der Waals surface area (Å²) >= 11 is 0. The second kappa shape index (κ2) is 17.5. The van der Waals surface area contributed by atoms with Crippen LogP contribution in [0, 0.1) is 6.92 Å². The highest BCUT2D eigenvalue weighted by Crippen LogP contribution is 2.48. The van der Waals surface area contributed by atoms with Crippen molar-refractivity contribution in [2.45, 2.75) is 77.7 Å². The Bertz CT molecular complexity index is 1960. The lowest BCUT2D eigenvalue weighted by molar-refractivity contribution is -0.401. The van der Waals surface area contributed by atoms with Crippen molar-refractivity contribution < 1.29 is 27.0 Å². The van der Waals surface area contributed by atoms with Gasteiger partial charge in [0.25, 0.3) is 0 Å². The first-order chi connectivity index (χ1) is 24.8. The highest BCUT2D eigenvalue weighted by atomic mass is 19.4. The fourth-order valence-corrected chi connectivity index (χ4v) is 7.10. The summed E-state index contributed by atoms with van der Waals surface area (Å²) < 4.78 is 31.3. The number of halogens is 4. The maximum atomic E-state index is 12.6.